The van der Waals surface area contributed by atoms with Crippen LogP contribution in [0.4, 0.5) is 11.5 Å². The van der Waals surface area contributed by atoms with E-state index in [2.05, 4.69) is 10.3 Å². The third kappa shape index (κ3) is 2.90. The number of aryl methyl sites for hydroxylation is 1. The van der Waals surface area contributed by atoms with Crippen LogP contribution < -0.4 is 5.32 Å². The minimum Gasteiger partial charge on any atom is -0.480 e. The SMILES string of the molecule is Cc1cc([N+](=O)[O-])cnc1NC(C)(C)C(=O)O. The molecule has 0 aliphatic carbocycles. The lowest BCUT2D eigenvalue weighted by Crippen LogP contribution is -2.40. The first-order valence-electron chi connectivity index (χ1n) is 4.86. The minimum atomic E-state index is -1.19. The van der Waals surface area contributed by atoms with Gasteiger partial charge in [0.05, 0.1) is 4.92 Å². The summed E-state index contributed by atoms with van der Waals surface area (Å²) in [5.41, 5.74) is -0.789. The molecular formula is C10H13N3O4. The predicted octanol–water partition coefficient (Wildman–Crippen LogP) is 1.57. The molecule has 0 radical (unpaired) electrons. The van der Waals surface area contributed by atoms with Gasteiger partial charge < -0.3 is 10.4 Å². The molecule has 0 amide bonds. The zero-order valence-electron chi connectivity index (χ0n) is 9.72. The van der Waals surface area contributed by atoms with Crippen LogP contribution in [0.2, 0.25) is 0 Å². The van der Waals surface area contributed by atoms with Gasteiger partial charge in [-0.15, -0.1) is 0 Å². The first kappa shape index (κ1) is 12.9. The Labute approximate surface area is 97.6 Å². The van der Waals surface area contributed by atoms with Crippen LogP contribution >= 0.6 is 0 Å². The van der Waals surface area contributed by atoms with Crippen LogP contribution in [-0.2, 0) is 4.79 Å². The molecular weight excluding hydrogens is 226 g/mol. The molecule has 7 nitrogen and oxygen atoms in total. The van der Waals surface area contributed by atoms with E-state index in [9.17, 15) is 14.9 Å². The van der Waals surface area contributed by atoms with E-state index < -0.39 is 16.4 Å². The van der Waals surface area contributed by atoms with Crippen molar-refractivity contribution in [2.75, 3.05) is 5.32 Å². The molecule has 2 N–H and O–H groups in total. The van der Waals surface area contributed by atoms with Crippen molar-refractivity contribution in [2.45, 2.75) is 26.3 Å². The highest BCUT2D eigenvalue weighted by Crippen LogP contribution is 2.21. The number of carboxylic acids is 1. The highest BCUT2D eigenvalue weighted by Gasteiger charge is 2.28. The van der Waals surface area contributed by atoms with E-state index in [4.69, 9.17) is 5.11 Å². The number of pyridine rings is 1. The lowest BCUT2D eigenvalue weighted by Gasteiger charge is -2.22. The third-order valence-electron chi connectivity index (χ3n) is 2.24. The fourth-order valence-electron chi connectivity index (χ4n) is 1.14. The number of anilines is 1. The first-order valence-corrected chi connectivity index (χ1v) is 4.86. The van der Waals surface area contributed by atoms with Crippen molar-refractivity contribution in [3.05, 3.63) is 27.9 Å². The highest BCUT2D eigenvalue weighted by atomic mass is 16.6. The normalized spacial score (nSPS) is 11.0. The van der Waals surface area contributed by atoms with Crippen molar-refractivity contribution in [3.63, 3.8) is 0 Å². The molecule has 1 aromatic rings. The molecule has 1 aromatic heterocycles. The number of carboxylic acid groups (broad SMARTS) is 1. The largest absolute Gasteiger partial charge is 0.480 e. The number of aromatic nitrogens is 1. The number of carbonyl (C=O) groups is 1. The fraction of sp³-hybridized carbons (Fsp3) is 0.400. The molecule has 0 aliphatic heterocycles. The second-order valence-corrected chi connectivity index (χ2v) is 4.17. The van der Waals surface area contributed by atoms with Crippen LogP contribution in [0.25, 0.3) is 0 Å². The van der Waals surface area contributed by atoms with Gasteiger partial charge in [-0.25, -0.2) is 9.78 Å². The second kappa shape index (κ2) is 4.36. The molecule has 1 heterocycles. The molecule has 0 saturated carbocycles. The van der Waals surface area contributed by atoms with Crippen LogP contribution in [0.1, 0.15) is 19.4 Å². The Kier molecular flexibility index (Phi) is 3.31. The van der Waals surface area contributed by atoms with Crippen molar-refractivity contribution >= 4 is 17.5 Å². The number of nitrogens with zero attached hydrogens (tertiary/aromatic N) is 2. The first-order chi connectivity index (χ1) is 7.74. The molecule has 17 heavy (non-hydrogen) atoms. The van der Waals surface area contributed by atoms with E-state index in [1.807, 2.05) is 0 Å². The average Bonchev–Trinajstić information content (AvgIpc) is 2.20. The highest BCUT2D eigenvalue weighted by molar-refractivity contribution is 5.81. The van der Waals surface area contributed by atoms with E-state index in [0.717, 1.165) is 6.20 Å². The summed E-state index contributed by atoms with van der Waals surface area (Å²) in [6.45, 7) is 4.59. The van der Waals surface area contributed by atoms with Crippen LogP contribution in [-0.4, -0.2) is 26.5 Å². The number of nitro groups is 1. The maximum Gasteiger partial charge on any atom is 0.328 e. The fourth-order valence-corrected chi connectivity index (χ4v) is 1.14. The summed E-state index contributed by atoms with van der Waals surface area (Å²) < 4.78 is 0. The molecule has 0 bridgehead atoms. The maximum atomic E-state index is 10.9. The molecule has 0 aromatic carbocycles. The average molecular weight is 239 g/mol. The van der Waals surface area contributed by atoms with Crippen molar-refractivity contribution in [1.29, 1.82) is 0 Å². The van der Waals surface area contributed by atoms with Gasteiger partial charge in [-0.2, -0.15) is 0 Å². The standard InChI is InChI=1S/C10H13N3O4/c1-6-4-7(13(16)17)5-11-8(6)12-10(2,3)9(14)15/h4-5H,1-3H3,(H,11,12)(H,14,15). The Morgan fingerprint density at radius 1 is 1.59 bits per heavy atom. The van der Waals surface area contributed by atoms with Crippen LogP contribution in [0.3, 0.4) is 0 Å². The zero-order valence-corrected chi connectivity index (χ0v) is 9.72. The lowest BCUT2D eigenvalue weighted by molar-refractivity contribution is -0.385. The summed E-state index contributed by atoms with van der Waals surface area (Å²) in [4.78, 5) is 24.7. The van der Waals surface area contributed by atoms with Crippen molar-refractivity contribution in [3.8, 4) is 0 Å². The van der Waals surface area contributed by atoms with Crippen molar-refractivity contribution in [2.24, 2.45) is 0 Å². The van der Waals surface area contributed by atoms with E-state index in [0.29, 0.717) is 11.4 Å². The number of nitrogens with one attached hydrogen (secondary N) is 1. The number of hydrogen-bond acceptors (Lipinski definition) is 5. The van der Waals surface area contributed by atoms with Gasteiger partial charge in [0.1, 0.15) is 17.6 Å². The molecule has 0 atom stereocenters. The van der Waals surface area contributed by atoms with Crippen LogP contribution in [0.15, 0.2) is 12.3 Å². The lowest BCUT2D eigenvalue weighted by atomic mass is 10.1. The Balaban J connectivity index is 3.02. The molecule has 0 saturated heterocycles. The van der Waals surface area contributed by atoms with E-state index in [1.54, 1.807) is 6.92 Å². The summed E-state index contributed by atoms with van der Waals surface area (Å²) in [6.07, 6.45) is 1.09. The zero-order chi connectivity index (χ0) is 13.2. The summed E-state index contributed by atoms with van der Waals surface area (Å²) in [7, 11) is 0. The maximum absolute atomic E-state index is 10.9. The monoisotopic (exact) mass is 239 g/mol. The van der Waals surface area contributed by atoms with Gasteiger partial charge in [0.25, 0.3) is 5.69 Å². The van der Waals surface area contributed by atoms with E-state index >= 15 is 0 Å². The number of rotatable bonds is 4. The van der Waals surface area contributed by atoms with Crippen LogP contribution in [0.5, 0.6) is 0 Å². The summed E-state index contributed by atoms with van der Waals surface area (Å²) in [5, 5.41) is 22.2. The molecule has 0 aliphatic rings. The van der Waals surface area contributed by atoms with Crippen molar-refractivity contribution in [1.82, 2.24) is 4.98 Å². The van der Waals surface area contributed by atoms with Gasteiger partial charge >= 0.3 is 5.97 Å². The van der Waals surface area contributed by atoms with E-state index in [1.165, 1.54) is 19.9 Å². The number of hydrogen-bond donors (Lipinski definition) is 2. The predicted molar refractivity (Wildman–Crippen MR) is 61.0 cm³/mol. The Hall–Kier alpha value is -2.18. The smallest absolute Gasteiger partial charge is 0.328 e. The third-order valence-corrected chi connectivity index (χ3v) is 2.24. The van der Waals surface area contributed by atoms with Gasteiger partial charge in [-0.1, -0.05) is 0 Å². The summed E-state index contributed by atoms with van der Waals surface area (Å²) in [5.74, 6) is -0.708. The minimum absolute atomic E-state index is 0.124. The van der Waals surface area contributed by atoms with Gasteiger partial charge in [-0.05, 0) is 26.3 Å². The molecule has 0 fully saturated rings. The Morgan fingerprint density at radius 3 is 2.59 bits per heavy atom. The molecule has 92 valence electrons. The Bertz CT molecular complexity index is 471. The molecule has 7 heteroatoms. The number of aliphatic carboxylic acids is 1. The van der Waals surface area contributed by atoms with Gasteiger partial charge in [0.2, 0.25) is 0 Å². The molecule has 0 spiro atoms. The molecule has 0 unspecified atom stereocenters. The topological polar surface area (TPSA) is 105 Å². The van der Waals surface area contributed by atoms with Gasteiger partial charge in [0.15, 0.2) is 0 Å². The van der Waals surface area contributed by atoms with Gasteiger partial charge in [0, 0.05) is 6.07 Å². The van der Waals surface area contributed by atoms with Crippen LogP contribution in [0, 0.1) is 17.0 Å². The van der Waals surface area contributed by atoms with Crippen molar-refractivity contribution < 1.29 is 14.8 Å². The molecule has 1 rings (SSSR count). The summed E-state index contributed by atoms with van der Waals surface area (Å²) in [6, 6.07) is 1.34. The summed E-state index contributed by atoms with van der Waals surface area (Å²) >= 11 is 0. The quantitative estimate of drug-likeness (QED) is 0.610. The Morgan fingerprint density at radius 2 is 2.18 bits per heavy atom. The van der Waals surface area contributed by atoms with Gasteiger partial charge in [-0.3, -0.25) is 10.1 Å². The van der Waals surface area contributed by atoms with E-state index in [-0.39, 0.29) is 5.69 Å². The second-order valence-electron chi connectivity index (χ2n) is 4.17.